The van der Waals surface area contributed by atoms with Crippen molar-refractivity contribution in [2.75, 3.05) is 65.4 Å². The first-order chi connectivity index (χ1) is 29.2. The first kappa shape index (κ1) is 41.7. The van der Waals surface area contributed by atoms with Crippen molar-refractivity contribution in [3.05, 3.63) is 82.6 Å². The molecule has 1 amide bonds. The van der Waals surface area contributed by atoms with Crippen molar-refractivity contribution >= 4 is 34.4 Å². The van der Waals surface area contributed by atoms with Gasteiger partial charge in [-0.15, -0.1) is 0 Å². The molecule has 3 N–H and O–H groups in total. The van der Waals surface area contributed by atoms with E-state index in [-0.39, 0.29) is 36.3 Å². The summed E-state index contributed by atoms with van der Waals surface area (Å²) in [5.74, 6) is -0.760. The minimum Gasteiger partial charge on any atom is -0.496 e. The zero-order valence-electron chi connectivity index (χ0n) is 37.1. The second kappa shape index (κ2) is 15.0. The number of amides is 1. The molecule has 6 aliphatic rings. The summed E-state index contributed by atoms with van der Waals surface area (Å²) in [7, 11) is 5.15. The molecule has 1 aromatic heterocycles. The lowest BCUT2D eigenvalue weighted by atomic mass is 9.47. The van der Waals surface area contributed by atoms with E-state index < -0.39 is 40.0 Å². The Hall–Kier alpha value is -4.65. The number of ether oxygens (including phenoxy) is 3. The Kier molecular flexibility index (Phi) is 10.3. The Morgan fingerprint density at radius 1 is 1.07 bits per heavy atom. The number of rotatable bonds is 9. The number of aliphatic hydroxyl groups is 1. The number of nitrogens with one attached hydrogen (secondary N) is 2. The molecule has 12 heteroatoms. The number of nitrogens with zero attached hydrogens (tertiary/aromatic N) is 3. The van der Waals surface area contributed by atoms with Gasteiger partial charge in [-0.1, -0.05) is 69.7 Å². The maximum Gasteiger partial charge on any atom is 0.322 e. The Balaban J connectivity index is 1.35. The second-order valence-electron chi connectivity index (χ2n) is 19.0. The molecule has 5 aliphatic heterocycles. The van der Waals surface area contributed by atoms with Crippen LogP contribution in [0.5, 0.6) is 5.75 Å². The van der Waals surface area contributed by atoms with Crippen LogP contribution < -0.4 is 15.0 Å². The van der Waals surface area contributed by atoms with Gasteiger partial charge in [0.05, 0.1) is 26.8 Å². The molecule has 1 saturated carbocycles. The predicted octanol–water partition coefficient (Wildman–Crippen LogP) is 5.40. The highest BCUT2D eigenvalue weighted by Gasteiger charge is 2.78. The molecule has 1 saturated heterocycles. The minimum atomic E-state index is -1.74. The van der Waals surface area contributed by atoms with Gasteiger partial charge in [0.1, 0.15) is 22.9 Å². The topological polar surface area (TPSA) is 137 Å². The lowest BCUT2D eigenvalue weighted by Crippen LogP contribution is -2.81. The SMILES string of the molecule is CCC1=C[C@@H]2CN(CCc3c([nH]c4ccccc34)[C@@](C(=O)OC)(c3cc4c(cc3OC)N(C)[C@H]3C(O)(CNC(=O)C(C)C)[C@H](OC(C)=O)[C@]5(CC)C=CCN6CC[C@]43[C@@H]65)C2)C1. The molecule has 2 fully saturated rings. The second-order valence-corrected chi connectivity index (χ2v) is 19.0. The summed E-state index contributed by atoms with van der Waals surface area (Å²) in [6.45, 7) is 13.3. The quantitative estimate of drug-likeness (QED) is 0.190. The zero-order valence-corrected chi connectivity index (χ0v) is 37.1. The molecule has 1 aliphatic carbocycles. The number of aromatic amines is 1. The van der Waals surface area contributed by atoms with Crippen molar-refractivity contribution < 1.29 is 33.7 Å². The average molecular weight is 834 g/mol. The van der Waals surface area contributed by atoms with Gasteiger partial charge in [0.25, 0.3) is 0 Å². The van der Waals surface area contributed by atoms with E-state index >= 15 is 4.79 Å². The van der Waals surface area contributed by atoms with Crippen molar-refractivity contribution in [3.63, 3.8) is 0 Å². The van der Waals surface area contributed by atoms with Crippen LogP contribution in [0, 0.1) is 17.3 Å². The van der Waals surface area contributed by atoms with Gasteiger partial charge in [0.2, 0.25) is 5.91 Å². The fourth-order valence-corrected chi connectivity index (χ4v) is 13.4. The third-order valence-corrected chi connectivity index (χ3v) is 15.7. The molecule has 6 heterocycles. The van der Waals surface area contributed by atoms with Gasteiger partial charge in [-0.05, 0) is 67.8 Å². The maximum absolute atomic E-state index is 15.4. The summed E-state index contributed by atoms with van der Waals surface area (Å²) < 4.78 is 18.8. The van der Waals surface area contributed by atoms with E-state index in [0.717, 1.165) is 78.0 Å². The Morgan fingerprint density at radius 2 is 1.85 bits per heavy atom. The normalized spacial score (nSPS) is 33.7. The Labute approximate surface area is 359 Å². The van der Waals surface area contributed by atoms with Crippen LogP contribution in [0.3, 0.4) is 0 Å². The third kappa shape index (κ3) is 5.83. The van der Waals surface area contributed by atoms with E-state index in [9.17, 15) is 14.7 Å². The number of esters is 2. The van der Waals surface area contributed by atoms with Crippen LogP contribution in [0.1, 0.15) is 82.7 Å². The van der Waals surface area contributed by atoms with Gasteiger partial charge < -0.3 is 34.5 Å². The fourth-order valence-electron chi connectivity index (χ4n) is 13.4. The molecule has 2 aromatic carbocycles. The number of hydrogen-bond donors (Lipinski definition) is 3. The van der Waals surface area contributed by atoms with E-state index in [2.05, 4.69) is 87.4 Å². The number of carbonyl (C=O) groups is 3. The number of likely N-dealkylation sites (N-methyl/N-ethyl adjacent to an activating group) is 1. The number of anilines is 1. The van der Waals surface area contributed by atoms with Crippen LogP contribution in [0.2, 0.25) is 0 Å². The smallest absolute Gasteiger partial charge is 0.322 e. The summed E-state index contributed by atoms with van der Waals surface area (Å²) in [6, 6.07) is 11.8. The van der Waals surface area contributed by atoms with Crippen molar-refractivity contribution in [3.8, 4) is 5.75 Å². The molecule has 326 valence electrons. The van der Waals surface area contributed by atoms with E-state index in [1.165, 1.54) is 19.6 Å². The van der Waals surface area contributed by atoms with E-state index in [4.69, 9.17) is 14.2 Å². The number of H-pyrrole nitrogens is 1. The van der Waals surface area contributed by atoms with Crippen LogP contribution in [-0.2, 0) is 41.1 Å². The van der Waals surface area contributed by atoms with Crippen molar-refractivity contribution in [1.82, 2.24) is 20.1 Å². The number of aromatic nitrogens is 1. The number of benzene rings is 2. The highest BCUT2D eigenvalue weighted by molar-refractivity contribution is 5.94. The van der Waals surface area contributed by atoms with Gasteiger partial charge in [0, 0.05) is 96.9 Å². The number of methoxy groups -OCH3 is 2. The van der Waals surface area contributed by atoms with Gasteiger partial charge in [0.15, 0.2) is 0 Å². The summed E-state index contributed by atoms with van der Waals surface area (Å²) in [5, 5.41) is 17.9. The molecular weight excluding hydrogens is 771 g/mol. The van der Waals surface area contributed by atoms with E-state index in [0.29, 0.717) is 31.6 Å². The standard InChI is InChI=1S/C49H63N5O7/c1-9-31-22-32-25-48(45(57)60-8,40-34(16-20-53(26-31)27-32)33-14-11-12-15-37(33)51-40)36-23-35-38(24-39(36)59-7)52(6)43-47(35)18-21-54-19-13-17-46(10-2,42(47)54)44(61-30(5)55)49(43,58)28-50-41(56)29(3)4/h11-15,17,22-24,29,32,42-44,51,58H,9-10,16,18-21,25-28H2,1-8H3,(H,50,56)/t32-,42-,43+,44+,46+,47+,48-,49?/m0/s1. The number of para-hydroxylation sites is 1. The summed E-state index contributed by atoms with van der Waals surface area (Å²) in [4.78, 5) is 53.0. The molecule has 1 spiro atoms. The molecule has 9 atom stereocenters. The van der Waals surface area contributed by atoms with Crippen LogP contribution in [0.25, 0.3) is 10.9 Å². The van der Waals surface area contributed by atoms with Crippen LogP contribution in [-0.4, -0.2) is 122 Å². The molecule has 2 bridgehead atoms. The van der Waals surface area contributed by atoms with Crippen LogP contribution in [0.4, 0.5) is 5.69 Å². The Morgan fingerprint density at radius 3 is 2.56 bits per heavy atom. The number of fused-ring (bicyclic) bond motifs is 6. The molecule has 2 unspecified atom stereocenters. The first-order valence-corrected chi connectivity index (χ1v) is 22.4. The number of carbonyl (C=O) groups excluding carboxylic acids is 3. The van der Waals surface area contributed by atoms with Crippen LogP contribution in [0.15, 0.2) is 60.2 Å². The summed E-state index contributed by atoms with van der Waals surface area (Å²) in [5.41, 5.74) is 2.31. The molecule has 9 rings (SSSR count). The predicted molar refractivity (Wildman–Crippen MR) is 235 cm³/mol. The van der Waals surface area contributed by atoms with Gasteiger partial charge >= 0.3 is 11.9 Å². The monoisotopic (exact) mass is 833 g/mol. The summed E-state index contributed by atoms with van der Waals surface area (Å²) >= 11 is 0. The molecule has 12 nitrogen and oxygen atoms in total. The van der Waals surface area contributed by atoms with Gasteiger partial charge in [-0.2, -0.15) is 0 Å². The minimum absolute atomic E-state index is 0.0405. The lowest BCUT2D eigenvalue weighted by molar-refractivity contribution is -0.217. The lowest BCUT2D eigenvalue weighted by Gasteiger charge is -2.64. The molecule has 61 heavy (non-hydrogen) atoms. The van der Waals surface area contributed by atoms with Gasteiger partial charge in [-0.25, -0.2) is 0 Å². The Bertz CT molecular complexity index is 2340. The molecule has 3 aromatic rings. The summed E-state index contributed by atoms with van der Waals surface area (Å²) in [6.07, 6.45) is 9.16. The van der Waals surface area contributed by atoms with Crippen LogP contribution >= 0.6 is 0 Å². The third-order valence-electron chi connectivity index (χ3n) is 15.7. The van der Waals surface area contributed by atoms with E-state index in [1.807, 2.05) is 27.0 Å². The first-order valence-electron chi connectivity index (χ1n) is 22.4. The highest BCUT2D eigenvalue weighted by atomic mass is 16.6. The van der Waals surface area contributed by atoms with Crippen molar-refractivity contribution in [1.29, 1.82) is 0 Å². The number of hydrogen-bond acceptors (Lipinski definition) is 10. The maximum atomic E-state index is 15.4. The van der Waals surface area contributed by atoms with Crippen molar-refractivity contribution in [2.45, 2.75) is 101 Å². The highest BCUT2D eigenvalue weighted by Crippen LogP contribution is 2.68. The largest absolute Gasteiger partial charge is 0.496 e. The average Bonchev–Trinajstić information content (AvgIpc) is 3.92. The molecule has 0 radical (unpaired) electrons. The van der Waals surface area contributed by atoms with Crippen molar-refractivity contribution in [2.24, 2.45) is 17.3 Å². The van der Waals surface area contributed by atoms with E-state index in [1.54, 1.807) is 7.11 Å². The fraction of sp³-hybridized carbons (Fsp3) is 0.571. The molecular formula is C49H63N5O7. The zero-order chi connectivity index (χ0) is 43.2. The van der Waals surface area contributed by atoms with Gasteiger partial charge in [-0.3, -0.25) is 24.2 Å².